The van der Waals surface area contributed by atoms with E-state index in [1.54, 1.807) is 26.2 Å². The van der Waals surface area contributed by atoms with Crippen LogP contribution in [0.4, 0.5) is 4.79 Å². The van der Waals surface area contributed by atoms with Gasteiger partial charge in [-0.1, -0.05) is 11.5 Å². The van der Waals surface area contributed by atoms with Crippen molar-refractivity contribution in [1.82, 2.24) is 4.90 Å². The van der Waals surface area contributed by atoms with Crippen molar-refractivity contribution in [2.24, 2.45) is 0 Å². The van der Waals surface area contributed by atoms with Crippen molar-refractivity contribution in [3.63, 3.8) is 0 Å². The molecule has 0 spiro atoms. The van der Waals surface area contributed by atoms with Crippen molar-refractivity contribution >= 4 is 13.6 Å². The molecule has 1 radical (unpaired) electrons. The Kier molecular flexibility index (Phi) is 5.87. The molecule has 0 aromatic carbocycles. The summed E-state index contributed by atoms with van der Waals surface area (Å²) in [7, 11) is 1.68. The summed E-state index contributed by atoms with van der Waals surface area (Å²) in [5.74, 6) is 0. The minimum atomic E-state index is -0.881. The van der Waals surface area contributed by atoms with Gasteiger partial charge in [-0.25, -0.2) is 4.79 Å². The molecule has 0 aromatic heterocycles. The number of hydrogen-bond acceptors (Lipinski definition) is 4. The summed E-state index contributed by atoms with van der Waals surface area (Å²) in [6.07, 6.45) is 2.09. The minimum absolute atomic E-state index is 0.288. The first-order valence-electron chi connectivity index (χ1n) is 7.37. The molecule has 1 atom stereocenters. The van der Waals surface area contributed by atoms with Crippen molar-refractivity contribution in [2.75, 3.05) is 13.1 Å². The van der Waals surface area contributed by atoms with E-state index in [0.29, 0.717) is 13.1 Å². The van der Waals surface area contributed by atoms with Gasteiger partial charge in [-0.15, -0.1) is 0 Å². The first kappa shape index (κ1) is 18.0. The van der Waals surface area contributed by atoms with Gasteiger partial charge in [0.05, 0.1) is 11.7 Å². The van der Waals surface area contributed by atoms with Crippen LogP contribution in [0.1, 0.15) is 48.0 Å². The summed E-state index contributed by atoms with van der Waals surface area (Å²) < 4.78 is 10.9. The Morgan fingerprint density at radius 3 is 2.43 bits per heavy atom. The fourth-order valence-corrected chi connectivity index (χ4v) is 1.64. The molecule has 5 nitrogen and oxygen atoms in total. The second-order valence-corrected chi connectivity index (χ2v) is 7.01. The van der Waals surface area contributed by atoms with Crippen LogP contribution in [0.5, 0.6) is 0 Å². The molecule has 1 aliphatic heterocycles. The number of amides is 1. The normalized spacial score (nSPS) is 18.0. The zero-order valence-electron chi connectivity index (χ0n) is 14.0. The summed E-state index contributed by atoms with van der Waals surface area (Å²) >= 11 is 0. The molecule has 0 saturated carbocycles. The molecule has 1 aliphatic rings. The smallest absolute Gasteiger partial charge is 0.410 e. The standard InChI is InChI=1S/C15H27BNO4/c1-11(15(5,6)19)21-16-12-7-9-17(10-8-12)13(18)20-14(2,3)4/h7,11,19H,8-10H2,1-6H3. The molecule has 1 heterocycles. The Balaban J connectivity index is 2.42. The molecule has 0 aromatic rings. The number of rotatable bonds is 4. The number of hydrogen-bond donors (Lipinski definition) is 1. The van der Waals surface area contributed by atoms with Crippen LogP contribution in [0.15, 0.2) is 11.5 Å². The van der Waals surface area contributed by atoms with Crippen LogP contribution in [0.2, 0.25) is 0 Å². The first-order valence-corrected chi connectivity index (χ1v) is 7.37. The lowest BCUT2D eigenvalue weighted by atomic mass is 9.82. The van der Waals surface area contributed by atoms with E-state index in [-0.39, 0.29) is 12.2 Å². The molecule has 1 unspecified atom stereocenters. The molecule has 0 bridgehead atoms. The highest BCUT2D eigenvalue weighted by atomic mass is 16.6. The van der Waals surface area contributed by atoms with Crippen molar-refractivity contribution in [3.8, 4) is 0 Å². The van der Waals surface area contributed by atoms with Crippen molar-refractivity contribution < 1.29 is 19.3 Å². The molecular formula is C15H27BNO4. The van der Waals surface area contributed by atoms with Crippen molar-refractivity contribution in [2.45, 2.75) is 65.3 Å². The maximum absolute atomic E-state index is 11.9. The molecular weight excluding hydrogens is 269 g/mol. The van der Waals surface area contributed by atoms with Crippen molar-refractivity contribution in [1.29, 1.82) is 0 Å². The highest BCUT2D eigenvalue weighted by Gasteiger charge is 2.26. The van der Waals surface area contributed by atoms with E-state index in [9.17, 15) is 9.90 Å². The fourth-order valence-electron chi connectivity index (χ4n) is 1.64. The first-order chi connectivity index (χ1) is 9.49. The predicted molar refractivity (Wildman–Crippen MR) is 83.1 cm³/mol. The van der Waals surface area contributed by atoms with Crippen LogP contribution in [-0.4, -0.2) is 54.0 Å². The lowest BCUT2D eigenvalue weighted by molar-refractivity contribution is -0.0227. The Bertz CT molecular complexity index is 395. The number of nitrogens with zero attached hydrogens (tertiary/aromatic N) is 1. The summed E-state index contributed by atoms with van der Waals surface area (Å²) in [5.41, 5.74) is -0.321. The molecule has 0 fully saturated rings. The SMILES string of the molecule is CC(O[B]C1=CCN(C(=O)OC(C)(C)C)CC1)C(C)(C)O. The van der Waals surface area contributed by atoms with Gasteiger partial charge < -0.3 is 19.4 Å². The van der Waals surface area contributed by atoms with E-state index < -0.39 is 11.2 Å². The molecule has 0 saturated heterocycles. The summed E-state index contributed by atoms with van der Waals surface area (Å²) in [6, 6.07) is 0. The maximum Gasteiger partial charge on any atom is 0.410 e. The maximum atomic E-state index is 11.9. The molecule has 119 valence electrons. The highest BCUT2D eigenvalue weighted by Crippen LogP contribution is 2.17. The Morgan fingerprint density at radius 2 is 2.00 bits per heavy atom. The van der Waals surface area contributed by atoms with E-state index in [4.69, 9.17) is 9.39 Å². The zero-order valence-corrected chi connectivity index (χ0v) is 14.0. The Labute approximate surface area is 128 Å². The summed E-state index contributed by atoms with van der Waals surface area (Å²) in [6.45, 7) is 11.9. The van der Waals surface area contributed by atoms with Crippen molar-refractivity contribution in [3.05, 3.63) is 11.5 Å². The molecule has 1 N–H and O–H groups in total. The third kappa shape index (κ3) is 6.53. The van der Waals surface area contributed by atoms with Crippen LogP contribution in [0.25, 0.3) is 0 Å². The van der Waals surface area contributed by atoms with Gasteiger partial charge in [0, 0.05) is 13.1 Å². The van der Waals surface area contributed by atoms with Gasteiger partial charge in [-0.2, -0.15) is 0 Å². The van der Waals surface area contributed by atoms with E-state index in [0.717, 1.165) is 11.9 Å². The number of carbonyl (C=O) groups is 1. The van der Waals surface area contributed by atoms with E-state index in [1.807, 2.05) is 33.8 Å². The second kappa shape index (κ2) is 6.84. The number of aliphatic hydroxyl groups is 1. The predicted octanol–water partition coefficient (Wildman–Crippen LogP) is 2.31. The quantitative estimate of drug-likeness (QED) is 0.809. The fraction of sp³-hybridized carbons (Fsp3) is 0.800. The number of ether oxygens (including phenoxy) is 1. The van der Waals surface area contributed by atoms with Gasteiger partial charge in [0.2, 0.25) is 0 Å². The largest absolute Gasteiger partial charge is 0.444 e. The van der Waals surface area contributed by atoms with Gasteiger partial charge in [0.1, 0.15) is 5.60 Å². The number of carbonyl (C=O) groups excluding carboxylic acids is 1. The lowest BCUT2D eigenvalue weighted by Gasteiger charge is -2.30. The van der Waals surface area contributed by atoms with E-state index in [2.05, 4.69) is 0 Å². The monoisotopic (exact) mass is 296 g/mol. The van der Waals surface area contributed by atoms with E-state index in [1.165, 1.54) is 0 Å². The van der Waals surface area contributed by atoms with E-state index >= 15 is 0 Å². The van der Waals surface area contributed by atoms with Crippen LogP contribution >= 0.6 is 0 Å². The second-order valence-electron chi connectivity index (χ2n) is 7.01. The average Bonchev–Trinajstić information content (AvgIpc) is 2.33. The van der Waals surface area contributed by atoms with Crippen LogP contribution in [0.3, 0.4) is 0 Å². The lowest BCUT2D eigenvalue weighted by Crippen LogP contribution is -2.40. The van der Waals surface area contributed by atoms with Gasteiger partial charge >= 0.3 is 13.6 Å². The molecule has 0 aliphatic carbocycles. The molecule has 1 amide bonds. The Morgan fingerprint density at radius 1 is 1.38 bits per heavy atom. The van der Waals surface area contributed by atoms with Gasteiger partial charge in [-0.3, -0.25) is 0 Å². The summed E-state index contributed by atoms with van der Waals surface area (Å²) in [4.78, 5) is 13.6. The van der Waals surface area contributed by atoms with Gasteiger partial charge in [0.15, 0.2) is 0 Å². The van der Waals surface area contributed by atoms with Crippen LogP contribution < -0.4 is 0 Å². The molecule has 1 rings (SSSR count). The van der Waals surface area contributed by atoms with Crippen LogP contribution in [0, 0.1) is 0 Å². The highest BCUT2D eigenvalue weighted by molar-refractivity contribution is 6.38. The minimum Gasteiger partial charge on any atom is -0.444 e. The Hall–Kier alpha value is -1.01. The zero-order chi connectivity index (χ0) is 16.3. The topological polar surface area (TPSA) is 59.0 Å². The average molecular weight is 296 g/mol. The summed E-state index contributed by atoms with van der Waals surface area (Å²) in [5, 5.41) is 9.80. The van der Waals surface area contributed by atoms with Crippen LogP contribution in [-0.2, 0) is 9.39 Å². The third-order valence-electron chi connectivity index (χ3n) is 3.31. The van der Waals surface area contributed by atoms with Gasteiger partial charge in [0.25, 0.3) is 0 Å². The van der Waals surface area contributed by atoms with Gasteiger partial charge in [-0.05, 0) is 48.0 Å². The molecule has 6 heteroatoms. The third-order valence-corrected chi connectivity index (χ3v) is 3.31. The molecule has 21 heavy (non-hydrogen) atoms.